The second-order valence-electron chi connectivity index (χ2n) is 4.46. The number of hydrogen-bond acceptors (Lipinski definition) is 5. The van der Waals surface area contributed by atoms with Gasteiger partial charge in [-0.15, -0.1) is 0 Å². The molecule has 106 valence electrons. The van der Waals surface area contributed by atoms with Gasteiger partial charge in [-0.1, -0.05) is 13.8 Å². The number of ether oxygens (including phenoxy) is 1. The fourth-order valence-corrected chi connectivity index (χ4v) is 1.87. The van der Waals surface area contributed by atoms with Crippen LogP contribution in [-0.2, 0) is 12.8 Å². The van der Waals surface area contributed by atoms with E-state index < -0.39 is 0 Å². The van der Waals surface area contributed by atoms with Gasteiger partial charge in [0.1, 0.15) is 11.6 Å². The van der Waals surface area contributed by atoms with Crippen LogP contribution < -0.4 is 10.1 Å². The molecule has 2 aromatic heterocycles. The topological polar surface area (TPSA) is 59.9 Å². The van der Waals surface area contributed by atoms with Crippen LogP contribution in [-0.4, -0.2) is 22.0 Å². The van der Waals surface area contributed by atoms with E-state index in [9.17, 15) is 0 Å². The van der Waals surface area contributed by atoms with Crippen LogP contribution in [0.2, 0.25) is 0 Å². The fourth-order valence-electron chi connectivity index (χ4n) is 1.87. The van der Waals surface area contributed by atoms with Crippen LogP contribution in [0.3, 0.4) is 0 Å². The molecule has 0 saturated carbocycles. The summed E-state index contributed by atoms with van der Waals surface area (Å²) >= 11 is 0. The lowest BCUT2D eigenvalue weighted by molar-refractivity contribution is 0.450. The molecular formula is C15H20N4O. The summed E-state index contributed by atoms with van der Waals surface area (Å²) in [4.78, 5) is 13.2. The average Bonchev–Trinajstić information content (AvgIpc) is 2.48. The molecule has 0 fully saturated rings. The average molecular weight is 272 g/mol. The smallest absolute Gasteiger partial charge is 0.224 e. The Kier molecular flexibility index (Phi) is 4.50. The molecule has 0 radical (unpaired) electrons. The third-order valence-corrected chi connectivity index (χ3v) is 2.94. The van der Waals surface area contributed by atoms with E-state index in [-0.39, 0.29) is 0 Å². The SMILES string of the molecule is CCc1nc(NC)cc(Oc2ccc(C)nc2CC)n1. The molecule has 0 bridgehead atoms. The Morgan fingerprint density at radius 2 is 1.90 bits per heavy atom. The number of aromatic nitrogens is 3. The molecule has 0 saturated heterocycles. The highest BCUT2D eigenvalue weighted by Gasteiger charge is 2.09. The van der Waals surface area contributed by atoms with Gasteiger partial charge < -0.3 is 10.1 Å². The van der Waals surface area contributed by atoms with E-state index >= 15 is 0 Å². The summed E-state index contributed by atoms with van der Waals surface area (Å²) in [5, 5.41) is 3.02. The first kappa shape index (κ1) is 14.2. The first-order chi connectivity index (χ1) is 9.66. The van der Waals surface area contributed by atoms with E-state index in [4.69, 9.17) is 4.74 Å². The number of pyridine rings is 1. The van der Waals surface area contributed by atoms with Gasteiger partial charge >= 0.3 is 0 Å². The van der Waals surface area contributed by atoms with Gasteiger partial charge in [-0.25, -0.2) is 4.98 Å². The number of anilines is 1. The van der Waals surface area contributed by atoms with Crippen LogP contribution in [0.4, 0.5) is 5.82 Å². The fraction of sp³-hybridized carbons (Fsp3) is 0.400. The molecule has 0 atom stereocenters. The number of hydrogen-bond donors (Lipinski definition) is 1. The Labute approximate surface area is 119 Å². The molecule has 1 N–H and O–H groups in total. The highest BCUT2D eigenvalue weighted by molar-refractivity contribution is 5.40. The van der Waals surface area contributed by atoms with E-state index in [1.165, 1.54) is 0 Å². The van der Waals surface area contributed by atoms with Crippen molar-refractivity contribution < 1.29 is 4.74 Å². The van der Waals surface area contributed by atoms with Crippen LogP contribution in [0, 0.1) is 6.92 Å². The van der Waals surface area contributed by atoms with E-state index in [1.807, 2.05) is 33.0 Å². The van der Waals surface area contributed by atoms with Crippen molar-refractivity contribution in [1.29, 1.82) is 0 Å². The molecule has 2 rings (SSSR count). The third kappa shape index (κ3) is 3.23. The summed E-state index contributed by atoms with van der Waals surface area (Å²) in [5.74, 6) is 2.80. The maximum absolute atomic E-state index is 5.89. The minimum Gasteiger partial charge on any atom is -0.437 e. The van der Waals surface area contributed by atoms with E-state index in [2.05, 4.69) is 27.2 Å². The van der Waals surface area contributed by atoms with Crippen molar-refractivity contribution >= 4 is 5.82 Å². The summed E-state index contributed by atoms with van der Waals surface area (Å²) in [6.45, 7) is 6.05. The van der Waals surface area contributed by atoms with E-state index in [0.29, 0.717) is 5.88 Å². The van der Waals surface area contributed by atoms with Crippen molar-refractivity contribution in [3.63, 3.8) is 0 Å². The summed E-state index contributed by atoms with van der Waals surface area (Å²) in [6, 6.07) is 5.67. The number of nitrogens with one attached hydrogen (secondary N) is 1. The molecule has 20 heavy (non-hydrogen) atoms. The second-order valence-corrected chi connectivity index (χ2v) is 4.46. The predicted octanol–water partition coefficient (Wildman–Crippen LogP) is 3.14. The summed E-state index contributed by atoms with van der Waals surface area (Å²) in [6.07, 6.45) is 1.58. The maximum Gasteiger partial charge on any atom is 0.224 e. The standard InChI is InChI=1S/C15H20N4O/c1-5-11-12(8-7-10(3)17-11)20-15-9-14(16-4)18-13(6-2)19-15/h7-9H,5-6H2,1-4H3,(H,16,18,19). The summed E-state index contributed by atoms with van der Waals surface area (Å²) in [7, 11) is 1.83. The first-order valence-corrected chi connectivity index (χ1v) is 6.86. The monoisotopic (exact) mass is 272 g/mol. The zero-order valence-corrected chi connectivity index (χ0v) is 12.4. The Morgan fingerprint density at radius 3 is 2.55 bits per heavy atom. The Hall–Kier alpha value is -2.17. The normalized spacial score (nSPS) is 10.4. The van der Waals surface area contributed by atoms with Crippen molar-refractivity contribution in [1.82, 2.24) is 15.0 Å². The molecule has 0 unspecified atom stereocenters. The van der Waals surface area contributed by atoms with Crippen LogP contribution in [0.5, 0.6) is 11.6 Å². The lowest BCUT2D eigenvalue weighted by atomic mass is 10.2. The van der Waals surface area contributed by atoms with Gasteiger partial charge in [0.05, 0.1) is 5.69 Å². The summed E-state index contributed by atoms with van der Waals surface area (Å²) < 4.78 is 5.89. The van der Waals surface area contributed by atoms with Crippen LogP contribution in [0.1, 0.15) is 31.1 Å². The Balaban J connectivity index is 2.34. The van der Waals surface area contributed by atoms with Gasteiger partial charge in [-0.2, -0.15) is 4.98 Å². The highest BCUT2D eigenvalue weighted by Crippen LogP contribution is 2.25. The van der Waals surface area contributed by atoms with Gasteiger partial charge in [0.2, 0.25) is 5.88 Å². The Morgan fingerprint density at radius 1 is 1.10 bits per heavy atom. The lowest BCUT2D eigenvalue weighted by Crippen LogP contribution is -2.02. The molecule has 0 aliphatic rings. The number of aryl methyl sites for hydroxylation is 3. The molecule has 2 heterocycles. The van der Waals surface area contributed by atoms with Crippen molar-refractivity contribution in [2.75, 3.05) is 12.4 Å². The van der Waals surface area contributed by atoms with E-state index in [1.54, 1.807) is 6.07 Å². The quantitative estimate of drug-likeness (QED) is 0.906. The van der Waals surface area contributed by atoms with Crippen LogP contribution in [0.25, 0.3) is 0 Å². The maximum atomic E-state index is 5.89. The van der Waals surface area contributed by atoms with E-state index in [0.717, 1.165) is 41.6 Å². The van der Waals surface area contributed by atoms with Crippen LogP contribution in [0.15, 0.2) is 18.2 Å². The van der Waals surface area contributed by atoms with Gasteiger partial charge in [0.15, 0.2) is 5.75 Å². The Bertz CT molecular complexity index is 576. The number of rotatable bonds is 5. The molecule has 0 aromatic carbocycles. The van der Waals surface area contributed by atoms with Gasteiger partial charge in [0, 0.05) is 25.2 Å². The van der Waals surface area contributed by atoms with Crippen molar-refractivity contribution in [2.45, 2.75) is 33.6 Å². The molecule has 0 amide bonds. The number of nitrogens with zero attached hydrogens (tertiary/aromatic N) is 3. The predicted molar refractivity (Wildman–Crippen MR) is 79.4 cm³/mol. The highest BCUT2D eigenvalue weighted by atomic mass is 16.5. The molecule has 5 heteroatoms. The van der Waals surface area contributed by atoms with Gasteiger partial charge in [-0.05, 0) is 25.5 Å². The van der Waals surface area contributed by atoms with Crippen molar-refractivity contribution in [2.24, 2.45) is 0 Å². The molecule has 5 nitrogen and oxygen atoms in total. The minimum absolute atomic E-state index is 0.543. The molecule has 0 aliphatic carbocycles. The molecule has 0 aliphatic heterocycles. The van der Waals surface area contributed by atoms with Crippen molar-refractivity contribution in [3.8, 4) is 11.6 Å². The zero-order valence-electron chi connectivity index (χ0n) is 12.4. The van der Waals surface area contributed by atoms with Gasteiger partial charge in [0.25, 0.3) is 0 Å². The van der Waals surface area contributed by atoms with Crippen molar-refractivity contribution in [3.05, 3.63) is 35.4 Å². The van der Waals surface area contributed by atoms with Crippen LogP contribution >= 0.6 is 0 Å². The summed E-state index contributed by atoms with van der Waals surface area (Å²) in [5.41, 5.74) is 1.93. The second kappa shape index (κ2) is 6.32. The van der Waals surface area contributed by atoms with Gasteiger partial charge in [-0.3, -0.25) is 4.98 Å². The molecule has 2 aromatic rings. The lowest BCUT2D eigenvalue weighted by Gasteiger charge is -2.11. The molecule has 0 spiro atoms. The third-order valence-electron chi connectivity index (χ3n) is 2.94. The first-order valence-electron chi connectivity index (χ1n) is 6.86. The zero-order chi connectivity index (χ0) is 14.5. The largest absolute Gasteiger partial charge is 0.437 e. The minimum atomic E-state index is 0.543. The molecular weight excluding hydrogens is 252 g/mol.